The summed E-state index contributed by atoms with van der Waals surface area (Å²) in [5.41, 5.74) is 0.00930. The van der Waals surface area contributed by atoms with Crippen LogP contribution in [0.2, 0.25) is 5.02 Å². The minimum absolute atomic E-state index is 0.121. The van der Waals surface area contributed by atoms with E-state index in [0.717, 1.165) is 12.8 Å². The normalized spacial score (nSPS) is 15.3. The summed E-state index contributed by atoms with van der Waals surface area (Å²) in [6, 6.07) is 3.91. The highest BCUT2D eigenvalue weighted by Gasteiger charge is 2.43. The summed E-state index contributed by atoms with van der Waals surface area (Å²) in [6.45, 7) is 0. The van der Waals surface area contributed by atoms with Crippen molar-refractivity contribution >= 4 is 50.9 Å². The van der Waals surface area contributed by atoms with Crippen molar-refractivity contribution in [1.82, 2.24) is 14.1 Å². The van der Waals surface area contributed by atoms with Gasteiger partial charge in [-0.15, -0.1) is 0 Å². The zero-order valence-electron chi connectivity index (χ0n) is 12.5. The van der Waals surface area contributed by atoms with Crippen LogP contribution in [0.3, 0.4) is 0 Å². The molecule has 0 saturated heterocycles. The first-order valence-corrected chi connectivity index (χ1v) is 9.01. The highest BCUT2D eigenvalue weighted by atomic mass is 35.5. The van der Waals surface area contributed by atoms with E-state index in [1.54, 1.807) is 12.3 Å². The average molecular weight is 401 g/mol. The van der Waals surface area contributed by atoms with E-state index >= 15 is 0 Å². The number of nitriles is 1. The SMILES string of the molecule is N#CC1(NSc2cc(Cl)c3cnc(C(=N)SC(=N)C(F)F)n3c2)CC1. The molecule has 2 aromatic heterocycles. The Bertz CT molecular complexity index is 903. The number of hydrogen-bond donors (Lipinski definition) is 3. The van der Waals surface area contributed by atoms with Crippen molar-refractivity contribution in [3.05, 3.63) is 29.3 Å². The van der Waals surface area contributed by atoms with Crippen molar-refractivity contribution in [2.24, 2.45) is 0 Å². The summed E-state index contributed by atoms with van der Waals surface area (Å²) in [5.74, 6) is 0.121. The molecule has 0 aromatic carbocycles. The van der Waals surface area contributed by atoms with E-state index in [4.69, 9.17) is 27.7 Å². The molecule has 2 aromatic rings. The van der Waals surface area contributed by atoms with Gasteiger partial charge in [0.05, 0.1) is 22.8 Å². The predicted molar refractivity (Wildman–Crippen MR) is 94.9 cm³/mol. The van der Waals surface area contributed by atoms with Gasteiger partial charge in [0, 0.05) is 11.1 Å². The summed E-state index contributed by atoms with van der Waals surface area (Å²) in [6.07, 6.45) is 1.73. The molecule has 0 amide bonds. The molecule has 0 atom stereocenters. The van der Waals surface area contributed by atoms with Gasteiger partial charge in [0.2, 0.25) is 0 Å². The van der Waals surface area contributed by atoms with Crippen molar-refractivity contribution in [2.45, 2.75) is 29.7 Å². The number of nitrogens with one attached hydrogen (secondary N) is 3. The maximum Gasteiger partial charge on any atom is 0.285 e. The third-order valence-electron chi connectivity index (χ3n) is 3.51. The molecule has 11 heteroatoms. The number of rotatable bonds is 5. The standard InChI is InChI=1S/C14H11ClF2N6S2/c15-8-3-7(25-22-14(6-18)1-2-14)5-23-9(8)4-21-13(23)12(20)24-11(19)10(16)17/h3-5,10,19-20,22H,1-2H2. The van der Waals surface area contributed by atoms with Crippen LogP contribution in [0.5, 0.6) is 0 Å². The molecule has 0 unspecified atom stereocenters. The second-order valence-corrected chi connectivity index (χ2v) is 7.69. The Morgan fingerprint density at radius 2 is 2.20 bits per heavy atom. The van der Waals surface area contributed by atoms with Gasteiger partial charge in [-0.05, 0) is 42.6 Å². The number of halogens is 3. The second kappa shape index (κ2) is 6.92. The number of pyridine rings is 1. The van der Waals surface area contributed by atoms with Gasteiger partial charge < -0.3 is 0 Å². The smallest absolute Gasteiger partial charge is 0.285 e. The fraction of sp³-hybridized carbons (Fsp3) is 0.286. The van der Waals surface area contributed by atoms with E-state index in [1.807, 2.05) is 0 Å². The van der Waals surface area contributed by atoms with E-state index in [0.29, 0.717) is 27.2 Å². The number of imidazole rings is 1. The molecule has 0 radical (unpaired) electrons. The maximum absolute atomic E-state index is 12.5. The molecular formula is C14H11ClF2N6S2. The van der Waals surface area contributed by atoms with Crippen molar-refractivity contribution < 1.29 is 8.78 Å². The summed E-state index contributed by atoms with van der Waals surface area (Å²) in [7, 11) is 0. The van der Waals surface area contributed by atoms with Gasteiger partial charge >= 0.3 is 0 Å². The minimum Gasteiger partial charge on any atom is -0.295 e. The van der Waals surface area contributed by atoms with Crippen LogP contribution in [0.25, 0.3) is 5.52 Å². The Labute approximate surface area is 155 Å². The number of fused-ring (bicyclic) bond motifs is 1. The van der Waals surface area contributed by atoms with Gasteiger partial charge in [-0.1, -0.05) is 11.6 Å². The van der Waals surface area contributed by atoms with Crippen LogP contribution in [0, 0.1) is 22.1 Å². The molecule has 1 aliphatic carbocycles. The Balaban J connectivity index is 1.86. The molecular weight excluding hydrogens is 390 g/mol. The Morgan fingerprint density at radius 1 is 1.48 bits per heavy atom. The summed E-state index contributed by atoms with van der Waals surface area (Å²) in [5, 5.41) is 23.4. The largest absolute Gasteiger partial charge is 0.295 e. The Hall–Kier alpha value is -1.67. The summed E-state index contributed by atoms with van der Waals surface area (Å²) >= 11 is 7.82. The lowest BCUT2D eigenvalue weighted by Crippen LogP contribution is -2.22. The molecule has 3 rings (SSSR count). The number of nitrogens with zero attached hydrogens (tertiary/aromatic N) is 3. The van der Waals surface area contributed by atoms with Crippen LogP contribution in [0.4, 0.5) is 8.78 Å². The zero-order chi connectivity index (χ0) is 18.2. The third kappa shape index (κ3) is 3.79. The average Bonchev–Trinajstić information content (AvgIpc) is 3.23. The molecule has 1 saturated carbocycles. The monoisotopic (exact) mass is 400 g/mol. The van der Waals surface area contributed by atoms with Crippen molar-refractivity contribution in [3.63, 3.8) is 0 Å². The van der Waals surface area contributed by atoms with Crippen molar-refractivity contribution in [2.75, 3.05) is 0 Å². The molecule has 130 valence electrons. The first-order valence-electron chi connectivity index (χ1n) is 7.00. The van der Waals surface area contributed by atoms with E-state index in [1.165, 1.54) is 22.5 Å². The summed E-state index contributed by atoms with van der Waals surface area (Å²) in [4.78, 5) is 4.75. The fourth-order valence-corrected chi connectivity index (χ4v) is 3.75. The lowest BCUT2D eigenvalue weighted by molar-refractivity contribution is 0.228. The molecule has 6 nitrogen and oxygen atoms in total. The van der Waals surface area contributed by atoms with Crippen LogP contribution < -0.4 is 4.72 Å². The van der Waals surface area contributed by atoms with E-state index in [9.17, 15) is 8.78 Å². The molecule has 0 spiro atoms. The van der Waals surface area contributed by atoms with Gasteiger partial charge in [0.1, 0.15) is 15.6 Å². The minimum atomic E-state index is -2.93. The predicted octanol–water partition coefficient (Wildman–Crippen LogP) is 3.94. The molecule has 1 aliphatic rings. The van der Waals surface area contributed by atoms with Gasteiger partial charge in [0.25, 0.3) is 6.43 Å². The number of hydrogen-bond acceptors (Lipinski definition) is 7. The van der Waals surface area contributed by atoms with Crippen molar-refractivity contribution in [1.29, 1.82) is 16.1 Å². The molecule has 0 bridgehead atoms. The number of aromatic nitrogens is 2. The lowest BCUT2D eigenvalue weighted by Gasteiger charge is -2.10. The van der Waals surface area contributed by atoms with Crippen LogP contribution in [0.15, 0.2) is 23.4 Å². The van der Waals surface area contributed by atoms with E-state index < -0.39 is 17.0 Å². The molecule has 3 N–H and O–H groups in total. The zero-order valence-corrected chi connectivity index (χ0v) is 14.9. The highest BCUT2D eigenvalue weighted by molar-refractivity contribution is 8.26. The van der Waals surface area contributed by atoms with Gasteiger partial charge in [-0.25, -0.2) is 18.5 Å². The third-order valence-corrected chi connectivity index (χ3v) is 5.55. The van der Waals surface area contributed by atoms with Crippen LogP contribution in [0.1, 0.15) is 18.7 Å². The maximum atomic E-state index is 12.5. The number of thioether (sulfide) groups is 1. The fourth-order valence-electron chi connectivity index (χ4n) is 1.97. The van der Waals surface area contributed by atoms with Crippen molar-refractivity contribution in [3.8, 4) is 6.07 Å². The van der Waals surface area contributed by atoms with Crippen LogP contribution in [-0.4, -0.2) is 31.4 Å². The molecule has 1 fully saturated rings. The van der Waals surface area contributed by atoms with E-state index in [-0.39, 0.29) is 10.9 Å². The molecule has 25 heavy (non-hydrogen) atoms. The van der Waals surface area contributed by atoms with Gasteiger partial charge in [0.15, 0.2) is 5.82 Å². The molecule has 2 heterocycles. The first kappa shape index (κ1) is 18.1. The van der Waals surface area contributed by atoms with Crippen LogP contribution >= 0.6 is 35.3 Å². The highest BCUT2D eigenvalue weighted by Crippen LogP contribution is 2.38. The number of alkyl halides is 2. The molecule has 0 aliphatic heterocycles. The van der Waals surface area contributed by atoms with Gasteiger partial charge in [-0.3, -0.25) is 15.2 Å². The first-order chi connectivity index (χ1) is 11.8. The quantitative estimate of drug-likeness (QED) is 0.401. The lowest BCUT2D eigenvalue weighted by atomic mass is 10.3. The summed E-state index contributed by atoms with van der Waals surface area (Å²) < 4.78 is 29.6. The Morgan fingerprint density at radius 3 is 2.80 bits per heavy atom. The van der Waals surface area contributed by atoms with Crippen LogP contribution in [-0.2, 0) is 0 Å². The Kier molecular flexibility index (Phi) is 5.02. The van der Waals surface area contributed by atoms with Gasteiger partial charge in [-0.2, -0.15) is 5.26 Å². The topological polar surface area (TPSA) is 101 Å². The second-order valence-electron chi connectivity index (χ2n) is 5.35. The van der Waals surface area contributed by atoms with E-state index in [2.05, 4.69) is 15.8 Å².